The highest BCUT2D eigenvalue weighted by molar-refractivity contribution is 5.75. The molecule has 3 rings (SSSR count). The predicted octanol–water partition coefficient (Wildman–Crippen LogP) is 3.95. The maximum atomic E-state index is 11.5. The molecule has 1 aliphatic rings. The Kier molecular flexibility index (Phi) is 5.39. The number of carbonyl (C=O) groups is 1. The van der Waals surface area contributed by atoms with Gasteiger partial charge in [-0.1, -0.05) is 49.4 Å². The number of rotatable bonds is 7. The maximum absolute atomic E-state index is 11.5. The summed E-state index contributed by atoms with van der Waals surface area (Å²) in [5, 5.41) is 9.49. The van der Waals surface area contributed by atoms with Crippen LogP contribution in [-0.4, -0.2) is 29.1 Å². The molecule has 132 valence electrons. The van der Waals surface area contributed by atoms with Crippen molar-refractivity contribution >= 4 is 5.97 Å². The minimum atomic E-state index is -0.665. The largest absolute Gasteiger partial charge is 0.489 e. The molecule has 4 heteroatoms. The maximum Gasteiger partial charge on any atom is 0.310 e. The molecule has 1 unspecified atom stereocenters. The number of carboxylic acids is 1. The van der Waals surface area contributed by atoms with E-state index in [1.165, 1.54) is 5.56 Å². The fourth-order valence-corrected chi connectivity index (χ4v) is 3.40. The number of nitrogens with zero attached hydrogens (tertiary/aromatic N) is 1. The van der Waals surface area contributed by atoms with E-state index in [2.05, 4.69) is 17.0 Å². The van der Waals surface area contributed by atoms with Crippen molar-refractivity contribution in [3.63, 3.8) is 0 Å². The van der Waals surface area contributed by atoms with Crippen LogP contribution in [0.5, 0.6) is 5.75 Å². The summed E-state index contributed by atoms with van der Waals surface area (Å²) in [4.78, 5) is 13.8. The molecule has 0 saturated carbocycles. The third-order valence-corrected chi connectivity index (χ3v) is 5.14. The third kappa shape index (κ3) is 4.20. The lowest BCUT2D eigenvalue weighted by Gasteiger charge is -2.23. The lowest BCUT2D eigenvalue weighted by molar-refractivity contribution is -0.148. The monoisotopic (exact) mass is 339 g/mol. The van der Waals surface area contributed by atoms with E-state index in [-0.39, 0.29) is 0 Å². The smallest absolute Gasteiger partial charge is 0.310 e. The van der Waals surface area contributed by atoms with Gasteiger partial charge in [0.25, 0.3) is 0 Å². The second-order valence-corrected chi connectivity index (χ2v) is 6.82. The Balaban J connectivity index is 1.54. The third-order valence-electron chi connectivity index (χ3n) is 5.14. The molecule has 1 atom stereocenters. The summed E-state index contributed by atoms with van der Waals surface area (Å²) in [6, 6.07) is 18.2. The van der Waals surface area contributed by atoms with Gasteiger partial charge in [0.15, 0.2) is 0 Å². The number of aliphatic carboxylic acids is 1. The number of hydrogen-bond acceptors (Lipinski definition) is 3. The molecule has 1 heterocycles. The second kappa shape index (κ2) is 7.70. The fraction of sp³-hybridized carbons (Fsp3) is 0.381. The normalized spacial score (nSPS) is 20.5. The summed E-state index contributed by atoms with van der Waals surface area (Å²) >= 11 is 0. The molecule has 0 bridgehead atoms. The zero-order valence-electron chi connectivity index (χ0n) is 14.6. The Hall–Kier alpha value is -2.33. The molecule has 2 aromatic carbocycles. The van der Waals surface area contributed by atoms with Gasteiger partial charge in [0.1, 0.15) is 12.4 Å². The number of ether oxygens (including phenoxy) is 1. The van der Waals surface area contributed by atoms with Gasteiger partial charge in [0.2, 0.25) is 0 Å². The molecule has 1 fully saturated rings. The van der Waals surface area contributed by atoms with Gasteiger partial charge in [0.05, 0.1) is 5.41 Å². The minimum Gasteiger partial charge on any atom is -0.489 e. The van der Waals surface area contributed by atoms with Crippen molar-refractivity contribution in [2.24, 2.45) is 5.41 Å². The van der Waals surface area contributed by atoms with Crippen molar-refractivity contribution in [2.45, 2.75) is 32.9 Å². The Morgan fingerprint density at radius 2 is 1.84 bits per heavy atom. The van der Waals surface area contributed by atoms with Crippen LogP contribution >= 0.6 is 0 Å². The van der Waals surface area contributed by atoms with Crippen molar-refractivity contribution in [3.8, 4) is 5.75 Å². The summed E-state index contributed by atoms with van der Waals surface area (Å²) in [5.41, 5.74) is 1.76. The lowest BCUT2D eigenvalue weighted by Crippen LogP contribution is -2.33. The van der Waals surface area contributed by atoms with E-state index in [1.807, 2.05) is 49.4 Å². The highest BCUT2D eigenvalue weighted by Gasteiger charge is 2.42. The fourth-order valence-electron chi connectivity index (χ4n) is 3.40. The first-order valence-corrected chi connectivity index (χ1v) is 8.83. The molecule has 4 nitrogen and oxygen atoms in total. The SMILES string of the molecule is CCC1(C(=O)O)CCN(Cc2ccc(OCc3ccccc3)cc2)C1. The molecule has 25 heavy (non-hydrogen) atoms. The summed E-state index contributed by atoms with van der Waals surface area (Å²) in [6.45, 7) is 4.78. The predicted molar refractivity (Wildman–Crippen MR) is 97.5 cm³/mol. The van der Waals surface area contributed by atoms with Gasteiger partial charge in [0, 0.05) is 13.1 Å². The van der Waals surface area contributed by atoms with Crippen LogP contribution in [0.15, 0.2) is 54.6 Å². The van der Waals surface area contributed by atoms with Crippen molar-refractivity contribution in [1.82, 2.24) is 4.90 Å². The van der Waals surface area contributed by atoms with Crippen LogP contribution in [0.2, 0.25) is 0 Å². The molecule has 1 aliphatic heterocycles. The van der Waals surface area contributed by atoms with Gasteiger partial charge < -0.3 is 9.84 Å². The second-order valence-electron chi connectivity index (χ2n) is 6.82. The molecular formula is C21H25NO3. The average molecular weight is 339 g/mol. The molecule has 0 amide bonds. The van der Waals surface area contributed by atoms with Gasteiger partial charge in [-0.2, -0.15) is 0 Å². The Morgan fingerprint density at radius 1 is 1.12 bits per heavy atom. The lowest BCUT2D eigenvalue weighted by atomic mass is 9.84. The van der Waals surface area contributed by atoms with Gasteiger partial charge >= 0.3 is 5.97 Å². The van der Waals surface area contributed by atoms with Crippen LogP contribution in [0.1, 0.15) is 30.9 Å². The highest BCUT2D eigenvalue weighted by atomic mass is 16.5. The van der Waals surface area contributed by atoms with E-state index < -0.39 is 11.4 Å². The first-order chi connectivity index (χ1) is 12.1. The van der Waals surface area contributed by atoms with Crippen LogP contribution in [0.25, 0.3) is 0 Å². The summed E-state index contributed by atoms with van der Waals surface area (Å²) < 4.78 is 5.81. The van der Waals surface area contributed by atoms with Crippen molar-refractivity contribution in [3.05, 3.63) is 65.7 Å². The number of likely N-dealkylation sites (tertiary alicyclic amines) is 1. The summed E-state index contributed by atoms with van der Waals surface area (Å²) in [5.74, 6) is 0.185. The van der Waals surface area contributed by atoms with E-state index in [1.54, 1.807) is 0 Å². The molecule has 0 aromatic heterocycles. The van der Waals surface area contributed by atoms with E-state index in [0.717, 1.165) is 30.8 Å². The van der Waals surface area contributed by atoms with Gasteiger partial charge in [-0.05, 0) is 42.6 Å². The van der Waals surface area contributed by atoms with Gasteiger partial charge in [-0.3, -0.25) is 9.69 Å². The Bertz CT molecular complexity index is 699. The molecule has 2 aromatic rings. The Morgan fingerprint density at radius 3 is 2.44 bits per heavy atom. The molecule has 0 aliphatic carbocycles. The van der Waals surface area contributed by atoms with E-state index >= 15 is 0 Å². The van der Waals surface area contributed by atoms with E-state index in [0.29, 0.717) is 19.6 Å². The molecule has 1 N–H and O–H groups in total. The molecule has 1 saturated heterocycles. The van der Waals surface area contributed by atoms with Crippen LogP contribution in [0, 0.1) is 5.41 Å². The highest BCUT2D eigenvalue weighted by Crippen LogP contribution is 2.34. The molecular weight excluding hydrogens is 314 g/mol. The van der Waals surface area contributed by atoms with Crippen molar-refractivity contribution in [1.29, 1.82) is 0 Å². The average Bonchev–Trinajstić information content (AvgIpc) is 3.07. The van der Waals surface area contributed by atoms with E-state index in [4.69, 9.17) is 4.74 Å². The minimum absolute atomic E-state index is 0.559. The molecule has 0 radical (unpaired) electrons. The Labute approximate surface area is 149 Å². The number of carboxylic acid groups (broad SMARTS) is 1. The van der Waals surface area contributed by atoms with Crippen LogP contribution < -0.4 is 4.74 Å². The van der Waals surface area contributed by atoms with Gasteiger partial charge in [-0.15, -0.1) is 0 Å². The van der Waals surface area contributed by atoms with Crippen LogP contribution in [-0.2, 0) is 17.9 Å². The first-order valence-electron chi connectivity index (χ1n) is 8.83. The first kappa shape index (κ1) is 17.5. The van der Waals surface area contributed by atoms with Crippen molar-refractivity contribution in [2.75, 3.05) is 13.1 Å². The van der Waals surface area contributed by atoms with Gasteiger partial charge in [-0.25, -0.2) is 0 Å². The van der Waals surface area contributed by atoms with Crippen molar-refractivity contribution < 1.29 is 14.6 Å². The van der Waals surface area contributed by atoms with E-state index in [9.17, 15) is 9.90 Å². The summed E-state index contributed by atoms with van der Waals surface area (Å²) in [6.07, 6.45) is 1.42. The molecule has 0 spiro atoms. The van der Waals surface area contributed by atoms with Crippen LogP contribution in [0.3, 0.4) is 0 Å². The zero-order chi connectivity index (χ0) is 17.7. The number of benzene rings is 2. The summed E-state index contributed by atoms with van der Waals surface area (Å²) in [7, 11) is 0. The standard InChI is InChI=1S/C21H25NO3/c1-2-21(20(23)24)12-13-22(16-21)14-17-8-10-19(11-9-17)25-15-18-6-4-3-5-7-18/h3-11H,2,12-16H2,1H3,(H,23,24). The number of hydrogen-bond donors (Lipinski definition) is 1. The quantitative estimate of drug-likeness (QED) is 0.830. The topological polar surface area (TPSA) is 49.8 Å². The van der Waals surface area contributed by atoms with Crippen LogP contribution in [0.4, 0.5) is 0 Å². The zero-order valence-corrected chi connectivity index (χ0v) is 14.6.